The van der Waals surface area contributed by atoms with E-state index in [4.69, 9.17) is 10.5 Å². The van der Waals surface area contributed by atoms with Crippen molar-refractivity contribution in [2.45, 2.75) is 13.3 Å². The van der Waals surface area contributed by atoms with E-state index in [0.29, 0.717) is 24.2 Å². The number of nitrogens with zero attached hydrogens (tertiary/aromatic N) is 1. The third kappa shape index (κ3) is 8.29. The molecular formula is C9H21ClN2O2. The van der Waals surface area contributed by atoms with Gasteiger partial charge in [-0.25, -0.2) is 4.79 Å². The van der Waals surface area contributed by atoms with E-state index in [-0.39, 0.29) is 18.4 Å². The molecule has 0 amide bonds. The highest BCUT2D eigenvalue weighted by atomic mass is 35.5. The third-order valence-corrected chi connectivity index (χ3v) is 1.83. The maximum atomic E-state index is 11.2. The Morgan fingerprint density at radius 1 is 1.43 bits per heavy atom. The maximum absolute atomic E-state index is 11.2. The summed E-state index contributed by atoms with van der Waals surface area (Å²) in [7, 11) is 4.01. The van der Waals surface area contributed by atoms with Crippen LogP contribution < -0.4 is 18.1 Å². The molecule has 0 bridgehead atoms. The molecule has 0 fully saturated rings. The Morgan fingerprint density at radius 2 is 2.00 bits per heavy atom. The lowest BCUT2D eigenvalue weighted by atomic mass is 10.3. The minimum Gasteiger partial charge on any atom is -1.00 e. The highest BCUT2D eigenvalue weighted by molar-refractivity contribution is 5.70. The summed E-state index contributed by atoms with van der Waals surface area (Å²) < 4.78 is 5.52. The average molecular weight is 225 g/mol. The predicted molar refractivity (Wildman–Crippen MR) is 52.1 cm³/mol. The third-order valence-electron chi connectivity index (χ3n) is 1.83. The lowest BCUT2D eigenvalue weighted by Crippen LogP contribution is -3.00. The largest absolute Gasteiger partial charge is 1.00 e. The predicted octanol–water partition coefficient (Wildman–Crippen LogP) is -3.02. The minimum atomic E-state index is -0.135. The standard InChI is InChI=1S/C9H21N2O2.ClH/c1-4-13-9(12)8-11(2,3)7-5-6-10;/h4-8,10H2,1-3H3;1H/q+1;/p-1. The smallest absolute Gasteiger partial charge is 0.361 e. The van der Waals surface area contributed by atoms with Crippen molar-refractivity contribution in [2.75, 3.05) is 40.3 Å². The van der Waals surface area contributed by atoms with Gasteiger partial charge in [-0.3, -0.25) is 0 Å². The van der Waals surface area contributed by atoms with Gasteiger partial charge in [-0.05, 0) is 13.5 Å². The van der Waals surface area contributed by atoms with Gasteiger partial charge in [0.25, 0.3) is 0 Å². The van der Waals surface area contributed by atoms with Crippen molar-refractivity contribution in [3.05, 3.63) is 0 Å². The van der Waals surface area contributed by atoms with E-state index < -0.39 is 0 Å². The number of esters is 1. The quantitative estimate of drug-likeness (QED) is 0.386. The van der Waals surface area contributed by atoms with Gasteiger partial charge in [-0.2, -0.15) is 0 Å². The summed E-state index contributed by atoms with van der Waals surface area (Å²) >= 11 is 0. The summed E-state index contributed by atoms with van der Waals surface area (Å²) in [6, 6.07) is 0. The van der Waals surface area contributed by atoms with Crippen LogP contribution in [0, 0.1) is 0 Å². The van der Waals surface area contributed by atoms with Crippen LogP contribution in [0.15, 0.2) is 0 Å². The van der Waals surface area contributed by atoms with Gasteiger partial charge in [-0.1, -0.05) is 0 Å². The van der Waals surface area contributed by atoms with Crippen LogP contribution in [-0.2, 0) is 9.53 Å². The molecule has 0 spiro atoms. The molecule has 0 unspecified atom stereocenters. The Labute approximate surface area is 92.4 Å². The number of nitrogens with two attached hydrogens (primary N) is 1. The van der Waals surface area contributed by atoms with Gasteiger partial charge in [0.15, 0.2) is 6.54 Å². The first kappa shape index (κ1) is 16.1. The Morgan fingerprint density at radius 3 is 2.43 bits per heavy atom. The van der Waals surface area contributed by atoms with Gasteiger partial charge in [0.1, 0.15) is 0 Å². The van der Waals surface area contributed by atoms with Gasteiger partial charge in [-0.15, -0.1) is 0 Å². The zero-order chi connectivity index (χ0) is 10.3. The number of quaternary nitrogens is 1. The molecule has 0 radical (unpaired) electrons. The summed E-state index contributed by atoms with van der Waals surface area (Å²) in [5.74, 6) is -0.135. The second-order valence-electron chi connectivity index (χ2n) is 3.76. The molecule has 0 aromatic rings. The Bertz CT molecular complexity index is 163. The molecule has 0 rings (SSSR count). The van der Waals surface area contributed by atoms with Crippen LogP contribution in [0.25, 0.3) is 0 Å². The van der Waals surface area contributed by atoms with Crippen LogP contribution in [0.3, 0.4) is 0 Å². The lowest BCUT2D eigenvalue weighted by Gasteiger charge is -2.28. The fourth-order valence-corrected chi connectivity index (χ4v) is 1.15. The molecule has 0 aliphatic heterocycles. The Kier molecular flexibility index (Phi) is 9.24. The topological polar surface area (TPSA) is 52.3 Å². The summed E-state index contributed by atoms with van der Waals surface area (Å²) in [4.78, 5) is 11.2. The Balaban J connectivity index is 0. The summed E-state index contributed by atoms with van der Waals surface area (Å²) in [6.45, 7) is 4.28. The first-order valence-electron chi connectivity index (χ1n) is 4.69. The fourth-order valence-electron chi connectivity index (χ4n) is 1.15. The van der Waals surface area contributed by atoms with E-state index in [0.717, 1.165) is 13.0 Å². The molecule has 14 heavy (non-hydrogen) atoms. The van der Waals surface area contributed by atoms with Crippen LogP contribution in [-0.4, -0.2) is 50.8 Å². The molecule has 86 valence electrons. The first-order chi connectivity index (χ1) is 6.02. The zero-order valence-corrected chi connectivity index (χ0v) is 10.0. The summed E-state index contributed by atoms with van der Waals surface area (Å²) in [6.07, 6.45) is 0.937. The van der Waals surface area contributed by atoms with E-state index in [1.54, 1.807) is 0 Å². The number of ether oxygens (including phenoxy) is 1. The average Bonchev–Trinajstić information content (AvgIpc) is 2.00. The van der Waals surface area contributed by atoms with Gasteiger partial charge in [0.2, 0.25) is 0 Å². The molecule has 0 heterocycles. The van der Waals surface area contributed by atoms with Gasteiger partial charge < -0.3 is 27.4 Å². The molecule has 0 atom stereocenters. The van der Waals surface area contributed by atoms with Crippen molar-refractivity contribution in [2.24, 2.45) is 5.73 Å². The van der Waals surface area contributed by atoms with Crippen molar-refractivity contribution in [3.63, 3.8) is 0 Å². The fraction of sp³-hybridized carbons (Fsp3) is 0.889. The SMILES string of the molecule is CCOC(=O)C[N+](C)(C)CCCN.[Cl-]. The molecule has 5 heteroatoms. The van der Waals surface area contributed by atoms with Crippen LogP contribution in [0.2, 0.25) is 0 Å². The van der Waals surface area contributed by atoms with Crippen molar-refractivity contribution < 1.29 is 26.4 Å². The second-order valence-corrected chi connectivity index (χ2v) is 3.76. The summed E-state index contributed by atoms with van der Waals surface area (Å²) in [5.41, 5.74) is 5.40. The van der Waals surface area contributed by atoms with Crippen LogP contribution >= 0.6 is 0 Å². The van der Waals surface area contributed by atoms with Gasteiger partial charge in [0.05, 0.1) is 27.2 Å². The number of hydrogen-bond donors (Lipinski definition) is 1. The van der Waals surface area contributed by atoms with Crippen LogP contribution in [0.5, 0.6) is 0 Å². The van der Waals surface area contributed by atoms with Crippen molar-refractivity contribution >= 4 is 5.97 Å². The number of carbonyl (C=O) groups is 1. The minimum absolute atomic E-state index is 0. The van der Waals surface area contributed by atoms with E-state index in [9.17, 15) is 4.79 Å². The van der Waals surface area contributed by atoms with Gasteiger partial charge >= 0.3 is 5.97 Å². The molecule has 0 aromatic carbocycles. The van der Waals surface area contributed by atoms with Gasteiger partial charge in [0, 0.05) is 6.42 Å². The maximum Gasteiger partial charge on any atom is 0.361 e. The van der Waals surface area contributed by atoms with Crippen molar-refractivity contribution in [1.82, 2.24) is 0 Å². The van der Waals surface area contributed by atoms with E-state index in [1.165, 1.54) is 0 Å². The van der Waals surface area contributed by atoms with E-state index in [2.05, 4.69) is 0 Å². The zero-order valence-electron chi connectivity index (χ0n) is 9.25. The van der Waals surface area contributed by atoms with Crippen LogP contribution in [0.4, 0.5) is 0 Å². The molecule has 0 saturated carbocycles. The molecule has 2 N–H and O–H groups in total. The van der Waals surface area contributed by atoms with E-state index >= 15 is 0 Å². The Hall–Kier alpha value is -0.320. The summed E-state index contributed by atoms with van der Waals surface area (Å²) in [5, 5.41) is 0. The normalized spacial score (nSPS) is 10.6. The first-order valence-corrected chi connectivity index (χ1v) is 4.69. The monoisotopic (exact) mass is 224 g/mol. The molecule has 0 aliphatic rings. The van der Waals surface area contributed by atoms with E-state index in [1.807, 2.05) is 21.0 Å². The lowest BCUT2D eigenvalue weighted by molar-refractivity contribution is -0.883. The number of carbonyl (C=O) groups excluding carboxylic acids is 1. The number of halogens is 1. The highest BCUT2D eigenvalue weighted by Gasteiger charge is 2.19. The number of likely N-dealkylation sites (N-methyl/N-ethyl adjacent to an activating group) is 1. The van der Waals surface area contributed by atoms with Crippen molar-refractivity contribution in [1.29, 1.82) is 0 Å². The van der Waals surface area contributed by atoms with Crippen molar-refractivity contribution in [3.8, 4) is 0 Å². The van der Waals surface area contributed by atoms with Crippen LogP contribution in [0.1, 0.15) is 13.3 Å². The highest BCUT2D eigenvalue weighted by Crippen LogP contribution is 1.99. The molecule has 0 aliphatic carbocycles. The number of rotatable bonds is 6. The molecule has 0 aromatic heterocycles. The number of hydrogen-bond acceptors (Lipinski definition) is 3. The molecule has 4 nitrogen and oxygen atoms in total. The molecular weight excluding hydrogens is 204 g/mol. The second kappa shape index (κ2) is 8.03. The molecule has 0 saturated heterocycles.